The van der Waals surface area contributed by atoms with Crippen molar-refractivity contribution in [1.82, 2.24) is 0 Å². The summed E-state index contributed by atoms with van der Waals surface area (Å²) in [6, 6.07) is 6.69. The van der Waals surface area contributed by atoms with Crippen molar-refractivity contribution >= 4 is 27.3 Å². The van der Waals surface area contributed by atoms with Gasteiger partial charge in [0.1, 0.15) is 11.5 Å². The molecule has 4 nitrogen and oxygen atoms in total. The highest BCUT2D eigenvalue weighted by Crippen LogP contribution is 2.47. The van der Waals surface area contributed by atoms with Gasteiger partial charge in [0.25, 0.3) is 0 Å². The van der Waals surface area contributed by atoms with E-state index >= 15 is 0 Å². The van der Waals surface area contributed by atoms with Gasteiger partial charge in [-0.3, -0.25) is 4.79 Å². The first-order chi connectivity index (χ1) is 11.6. The van der Waals surface area contributed by atoms with Crippen LogP contribution in [0.5, 0.6) is 11.5 Å². The standard InChI is InChI=1S/C20H16O4/c21-9-7-13-12-3-6-17(24)20-16(23)5-2-11(19(12)20)10-1-4-15(22)14(8-9)18(10)13/h3,6-8,15,21-22,24H,1-2,4-5H2/t15-/m1/s1. The molecule has 2 aliphatic rings. The minimum atomic E-state index is -0.585. The second kappa shape index (κ2) is 4.48. The molecular weight excluding hydrogens is 304 g/mol. The van der Waals surface area contributed by atoms with Crippen LogP contribution >= 0.6 is 0 Å². The number of hydrogen-bond acceptors (Lipinski definition) is 4. The van der Waals surface area contributed by atoms with Crippen LogP contribution in [0.3, 0.4) is 0 Å². The zero-order valence-electron chi connectivity index (χ0n) is 13.0. The van der Waals surface area contributed by atoms with Gasteiger partial charge in [0.05, 0.1) is 11.7 Å². The van der Waals surface area contributed by atoms with E-state index in [-0.39, 0.29) is 17.3 Å². The third-order valence-corrected chi connectivity index (χ3v) is 5.50. The Morgan fingerprint density at radius 3 is 2.54 bits per heavy atom. The summed E-state index contributed by atoms with van der Waals surface area (Å²) in [6.45, 7) is 0. The summed E-state index contributed by atoms with van der Waals surface area (Å²) < 4.78 is 0. The fraction of sp³-hybridized carbons (Fsp3) is 0.250. The molecule has 0 fully saturated rings. The van der Waals surface area contributed by atoms with Crippen LogP contribution in [-0.2, 0) is 12.8 Å². The monoisotopic (exact) mass is 320 g/mol. The number of carbonyl (C=O) groups excluding carboxylic acids is 1. The van der Waals surface area contributed by atoms with Crippen LogP contribution in [0.2, 0.25) is 0 Å². The lowest BCUT2D eigenvalue weighted by Gasteiger charge is -2.29. The number of Topliss-reactive ketones (excluding diaryl/α,β-unsaturated/α-hetero) is 1. The Morgan fingerprint density at radius 2 is 1.71 bits per heavy atom. The molecule has 0 saturated heterocycles. The normalized spacial score (nSPS) is 19.2. The van der Waals surface area contributed by atoms with Crippen LogP contribution in [0.25, 0.3) is 21.5 Å². The van der Waals surface area contributed by atoms with Gasteiger partial charge in [-0.1, -0.05) is 6.07 Å². The smallest absolute Gasteiger partial charge is 0.167 e. The molecule has 0 heterocycles. The molecule has 3 N–H and O–H groups in total. The number of hydrogen-bond donors (Lipinski definition) is 3. The molecule has 0 radical (unpaired) electrons. The predicted molar refractivity (Wildman–Crippen MR) is 90.7 cm³/mol. The molecule has 0 amide bonds. The molecule has 120 valence electrons. The highest BCUT2D eigenvalue weighted by atomic mass is 16.3. The molecule has 0 spiro atoms. The lowest BCUT2D eigenvalue weighted by Crippen LogP contribution is -2.16. The van der Waals surface area contributed by atoms with Gasteiger partial charge in [-0.05, 0) is 70.3 Å². The number of phenolic OH excluding ortho intramolecular Hbond substituents is 2. The lowest BCUT2D eigenvalue weighted by molar-refractivity contribution is 0.0979. The van der Waals surface area contributed by atoms with Crippen molar-refractivity contribution in [2.45, 2.75) is 31.8 Å². The number of phenols is 2. The largest absolute Gasteiger partial charge is 0.508 e. The fourth-order valence-electron chi connectivity index (χ4n) is 4.53. The van der Waals surface area contributed by atoms with Crippen LogP contribution in [0.15, 0.2) is 24.3 Å². The number of ketones is 1. The van der Waals surface area contributed by atoms with Gasteiger partial charge >= 0.3 is 0 Å². The zero-order valence-corrected chi connectivity index (χ0v) is 13.0. The summed E-state index contributed by atoms with van der Waals surface area (Å²) in [5, 5.41) is 34.3. The summed E-state index contributed by atoms with van der Waals surface area (Å²) in [6.07, 6.45) is 1.82. The first-order valence-corrected chi connectivity index (χ1v) is 8.23. The van der Waals surface area contributed by atoms with E-state index in [0.717, 1.165) is 44.7 Å². The highest BCUT2D eigenvalue weighted by molar-refractivity contribution is 6.21. The topological polar surface area (TPSA) is 77.8 Å². The van der Waals surface area contributed by atoms with Crippen LogP contribution < -0.4 is 0 Å². The number of carbonyl (C=O) groups is 1. The Balaban J connectivity index is 2.10. The first-order valence-electron chi connectivity index (χ1n) is 8.23. The van der Waals surface area contributed by atoms with Crippen LogP contribution in [0.4, 0.5) is 0 Å². The average Bonchev–Trinajstić information content (AvgIpc) is 2.56. The van der Waals surface area contributed by atoms with Crippen molar-refractivity contribution < 1.29 is 20.1 Å². The van der Waals surface area contributed by atoms with Crippen molar-refractivity contribution in [3.05, 3.63) is 46.5 Å². The van der Waals surface area contributed by atoms with Gasteiger partial charge in [0, 0.05) is 11.8 Å². The minimum absolute atomic E-state index is 0.0243. The van der Waals surface area contributed by atoms with Crippen molar-refractivity contribution in [2.24, 2.45) is 0 Å². The second-order valence-electron chi connectivity index (χ2n) is 6.77. The van der Waals surface area contributed by atoms with Crippen molar-refractivity contribution in [1.29, 1.82) is 0 Å². The summed E-state index contributed by atoms with van der Waals surface area (Å²) in [7, 11) is 0. The lowest BCUT2D eigenvalue weighted by atomic mass is 9.76. The molecule has 24 heavy (non-hydrogen) atoms. The van der Waals surface area contributed by atoms with Gasteiger partial charge in [0.15, 0.2) is 5.78 Å². The van der Waals surface area contributed by atoms with Gasteiger partial charge in [-0.15, -0.1) is 0 Å². The molecule has 4 heteroatoms. The van der Waals surface area contributed by atoms with E-state index in [4.69, 9.17) is 0 Å². The molecule has 0 unspecified atom stereocenters. The number of aromatic hydroxyl groups is 2. The van der Waals surface area contributed by atoms with Gasteiger partial charge in [-0.2, -0.15) is 0 Å². The first kappa shape index (κ1) is 13.8. The van der Waals surface area contributed by atoms with E-state index in [1.54, 1.807) is 24.3 Å². The molecule has 0 saturated carbocycles. The van der Waals surface area contributed by atoms with Crippen molar-refractivity contribution in [3.8, 4) is 11.5 Å². The number of aliphatic hydroxyl groups excluding tert-OH is 1. The fourth-order valence-corrected chi connectivity index (χ4v) is 4.53. The third-order valence-electron chi connectivity index (χ3n) is 5.50. The van der Waals surface area contributed by atoms with Crippen LogP contribution in [0.1, 0.15) is 46.0 Å². The molecule has 0 aliphatic heterocycles. The molecule has 3 aromatic carbocycles. The number of benzene rings is 3. The van der Waals surface area contributed by atoms with Crippen molar-refractivity contribution in [3.63, 3.8) is 0 Å². The minimum Gasteiger partial charge on any atom is -0.508 e. The van der Waals surface area contributed by atoms with E-state index in [1.165, 1.54) is 0 Å². The maximum Gasteiger partial charge on any atom is 0.167 e. The molecule has 0 bridgehead atoms. The van der Waals surface area contributed by atoms with E-state index in [1.807, 2.05) is 0 Å². The summed E-state index contributed by atoms with van der Waals surface area (Å²) in [5.41, 5.74) is 3.43. The average molecular weight is 320 g/mol. The van der Waals surface area contributed by atoms with E-state index in [9.17, 15) is 20.1 Å². The number of fused-ring (bicyclic) bond motifs is 2. The number of aryl methyl sites for hydroxylation is 2. The Labute approximate surface area is 138 Å². The van der Waals surface area contributed by atoms with E-state index in [2.05, 4.69) is 0 Å². The summed E-state index contributed by atoms with van der Waals surface area (Å²) in [4.78, 5) is 12.4. The summed E-state index contributed by atoms with van der Waals surface area (Å²) >= 11 is 0. The van der Waals surface area contributed by atoms with Gasteiger partial charge < -0.3 is 15.3 Å². The SMILES string of the molecule is O=C1CCc2c3c4c(cc(O)cc4c4ccc(O)c1c24)[C@H](O)CC3. The Morgan fingerprint density at radius 1 is 0.917 bits per heavy atom. The molecular formula is C20H16O4. The summed E-state index contributed by atoms with van der Waals surface area (Å²) in [5.74, 6) is 0.0982. The van der Waals surface area contributed by atoms with Crippen LogP contribution in [-0.4, -0.2) is 21.1 Å². The molecule has 0 aromatic heterocycles. The van der Waals surface area contributed by atoms with E-state index < -0.39 is 6.10 Å². The Hall–Kier alpha value is -2.59. The quantitative estimate of drug-likeness (QED) is 0.554. The predicted octanol–water partition coefficient (Wildman–Crippen LogP) is 3.51. The number of rotatable bonds is 0. The third kappa shape index (κ3) is 1.59. The molecule has 3 aromatic rings. The Kier molecular flexibility index (Phi) is 2.58. The Bertz CT molecular complexity index is 1060. The highest BCUT2D eigenvalue weighted by Gasteiger charge is 2.30. The molecule has 5 rings (SSSR count). The molecule has 1 atom stereocenters. The second-order valence-corrected chi connectivity index (χ2v) is 6.77. The molecule has 2 aliphatic carbocycles. The maximum absolute atomic E-state index is 12.4. The zero-order chi connectivity index (χ0) is 16.6. The van der Waals surface area contributed by atoms with E-state index in [0.29, 0.717) is 24.8 Å². The van der Waals surface area contributed by atoms with Gasteiger partial charge in [-0.25, -0.2) is 0 Å². The maximum atomic E-state index is 12.4. The van der Waals surface area contributed by atoms with Gasteiger partial charge in [0.2, 0.25) is 0 Å². The number of aliphatic hydroxyl groups is 1. The van der Waals surface area contributed by atoms with Crippen LogP contribution in [0, 0.1) is 0 Å². The van der Waals surface area contributed by atoms with Crippen molar-refractivity contribution in [2.75, 3.05) is 0 Å².